The minimum absolute atomic E-state index is 0.790. The summed E-state index contributed by atoms with van der Waals surface area (Å²) in [5, 5.41) is 5.45. The van der Waals surface area contributed by atoms with E-state index in [9.17, 15) is 0 Å². The van der Waals surface area contributed by atoms with Crippen LogP contribution >= 0.6 is 23.1 Å². The number of hydrogen-bond acceptors (Lipinski definition) is 5. The van der Waals surface area contributed by atoms with Gasteiger partial charge in [-0.2, -0.15) is 11.8 Å². The summed E-state index contributed by atoms with van der Waals surface area (Å²) in [5.41, 5.74) is 3.03. The molecule has 2 aromatic rings. The monoisotopic (exact) mass is 268 g/mol. The molecule has 0 amide bonds. The zero-order valence-electron chi connectivity index (χ0n) is 9.81. The highest BCUT2D eigenvalue weighted by atomic mass is 32.2. The quantitative estimate of drug-likeness (QED) is 0.784. The maximum Gasteiger partial charge on any atom is 0.117 e. The van der Waals surface area contributed by atoms with Crippen molar-refractivity contribution in [3.63, 3.8) is 0 Å². The molecular weight excluding hydrogens is 252 g/mol. The minimum atomic E-state index is 0.790. The van der Waals surface area contributed by atoms with Gasteiger partial charge in [-0.15, -0.1) is 11.3 Å². The van der Waals surface area contributed by atoms with Gasteiger partial charge in [0.15, 0.2) is 0 Å². The third-order valence-corrected chi connectivity index (χ3v) is 3.55. The Kier molecular flexibility index (Phi) is 5.09. The van der Waals surface area contributed by atoms with E-state index in [2.05, 4.69) is 21.9 Å². The Morgan fingerprint density at radius 1 is 1.41 bits per heavy atom. The summed E-state index contributed by atoms with van der Waals surface area (Å²) in [5.74, 6) is 3.00. The summed E-state index contributed by atoms with van der Waals surface area (Å²) in [6.45, 7) is 1.72. The Hall–Kier alpha value is -0.780. The van der Waals surface area contributed by atoms with E-state index in [1.54, 1.807) is 23.1 Å². The second kappa shape index (κ2) is 6.83. The lowest BCUT2D eigenvalue weighted by atomic mass is 10.3. The first-order chi connectivity index (χ1) is 8.38. The minimum Gasteiger partial charge on any atom is -0.464 e. The smallest absolute Gasteiger partial charge is 0.117 e. The van der Waals surface area contributed by atoms with Gasteiger partial charge in [-0.3, -0.25) is 0 Å². The molecule has 17 heavy (non-hydrogen) atoms. The molecule has 0 unspecified atom stereocenters. The van der Waals surface area contributed by atoms with Gasteiger partial charge in [0.25, 0.3) is 0 Å². The van der Waals surface area contributed by atoms with Gasteiger partial charge in [-0.1, -0.05) is 0 Å². The van der Waals surface area contributed by atoms with E-state index in [-0.39, 0.29) is 0 Å². The van der Waals surface area contributed by atoms with Gasteiger partial charge in [0, 0.05) is 18.3 Å². The van der Waals surface area contributed by atoms with Gasteiger partial charge in [0.1, 0.15) is 11.5 Å². The van der Waals surface area contributed by atoms with Crippen LogP contribution in [0, 0.1) is 0 Å². The first kappa shape index (κ1) is 12.7. The number of hydrogen-bond donors (Lipinski definition) is 1. The molecule has 3 nitrogen and oxygen atoms in total. The summed E-state index contributed by atoms with van der Waals surface area (Å²) in [7, 11) is 0. The van der Waals surface area contributed by atoms with Crippen molar-refractivity contribution in [2.24, 2.45) is 0 Å². The summed E-state index contributed by atoms with van der Waals surface area (Å²) in [6.07, 6.45) is 3.05. The van der Waals surface area contributed by atoms with E-state index < -0.39 is 0 Å². The zero-order chi connectivity index (χ0) is 11.9. The fourth-order valence-electron chi connectivity index (χ4n) is 1.53. The Morgan fingerprint density at radius 2 is 2.29 bits per heavy atom. The number of thioether (sulfide) groups is 1. The summed E-state index contributed by atoms with van der Waals surface area (Å²) in [4.78, 5) is 4.24. The van der Waals surface area contributed by atoms with Gasteiger partial charge in [-0.25, -0.2) is 4.98 Å². The molecule has 0 aliphatic carbocycles. The second-order valence-electron chi connectivity index (χ2n) is 3.71. The van der Waals surface area contributed by atoms with Crippen molar-refractivity contribution in [3.8, 4) is 0 Å². The predicted octanol–water partition coefficient (Wildman–Crippen LogP) is 2.93. The van der Waals surface area contributed by atoms with Gasteiger partial charge in [0.2, 0.25) is 0 Å². The third-order valence-electron chi connectivity index (χ3n) is 2.34. The molecule has 0 atom stereocenters. The molecule has 0 fully saturated rings. The van der Waals surface area contributed by atoms with Crippen molar-refractivity contribution in [2.75, 3.05) is 12.8 Å². The van der Waals surface area contributed by atoms with Crippen LogP contribution in [0.4, 0.5) is 0 Å². The number of furan rings is 1. The van der Waals surface area contributed by atoms with E-state index >= 15 is 0 Å². The van der Waals surface area contributed by atoms with Crippen LogP contribution in [0.25, 0.3) is 0 Å². The highest BCUT2D eigenvalue weighted by Gasteiger charge is 2.01. The van der Waals surface area contributed by atoms with Crippen molar-refractivity contribution < 1.29 is 4.42 Å². The zero-order valence-corrected chi connectivity index (χ0v) is 11.4. The molecule has 0 aromatic carbocycles. The maximum atomic E-state index is 5.66. The average Bonchev–Trinajstić information content (AvgIpc) is 2.96. The molecule has 2 aromatic heterocycles. The van der Waals surface area contributed by atoms with Crippen molar-refractivity contribution in [3.05, 3.63) is 40.2 Å². The number of thiazole rings is 1. The standard InChI is InChI=1S/C12H16N2OS2/c1-16-8-12-3-2-11(15-12)6-13-5-4-10-7-17-9-14-10/h2-3,7,9,13H,4-6,8H2,1H3. The molecule has 0 spiro atoms. The fraction of sp³-hybridized carbons (Fsp3) is 0.417. The van der Waals surface area contributed by atoms with E-state index in [0.717, 1.165) is 42.5 Å². The molecule has 0 bridgehead atoms. The number of rotatable bonds is 7. The van der Waals surface area contributed by atoms with E-state index in [1.807, 2.05) is 17.6 Å². The second-order valence-corrected chi connectivity index (χ2v) is 5.29. The summed E-state index contributed by atoms with van der Waals surface area (Å²) < 4.78 is 5.66. The van der Waals surface area contributed by atoms with Crippen molar-refractivity contribution in [1.82, 2.24) is 10.3 Å². The molecule has 5 heteroatoms. The predicted molar refractivity (Wildman–Crippen MR) is 73.5 cm³/mol. The number of aromatic nitrogens is 1. The van der Waals surface area contributed by atoms with Crippen LogP contribution in [-0.2, 0) is 18.7 Å². The van der Waals surface area contributed by atoms with Crippen LogP contribution in [0.5, 0.6) is 0 Å². The lowest BCUT2D eigenvalue weighted by Crippen LogP contribution is -2.16. The largest absolute Gasteiger partial charge is 0.464 e. The van der Waals surface area contributed by atoms with Crippen LogP contribution in [-0.4, -0.2) is 17.8 Å². The highest BCUT2D eigenvalue weighted by Crippen LogP contribution is 2.13. The normalized spacial score (nSPS) is 10.9. The summed E-state index contributed by atoms with van der Waals surface area (Å²) in [6, 6.07) is 4.09. The number of nitrogens with one attached hydrogen (secondary N) is 1. The van der Waals surface area contributed by atoms with Gasteiger partial charge >= 0.3 is 0 Å². The molecule has 1 N–H and O–H groups in total. The summed E-state index contributed by atoms with van der Waals surface area (Å²) >= 11 is 3.42. The molecule has 0 aliphatic rings. The molecule has 2 heterocycles. The lowest BCUT2D eigenvalue weighted by molar-refractivity contribution is 0.460. The van der Waals surface area contributed by atoms with Crippen LogP contribution < -0.4 is 5.32 Å². The topological polar surface area (TPSA) is 38.1 Å². The van der Waals surface area contributed by atoms with E-state index in [1.165, 1.54) is 0 Å². The maximum absolute atomic E-state index is 5.66. The van der Waals surface area contributed by atoms with Crippen molar-refractivity contribution >= 4 is 23.1 Å². The Bertz CT molecular complexity index is 425. The SMILES string of the molecule is CSCc1ccc(CNCCc2cscn2)o1. The average molecular weight is 268 g/mol. The molecule has 0 saturated heterocycles. The third kappa shape index (κ3) is 4.18. The molecule has 0 aliphatic heterocycles. The molecule has 0 saturated carbocycles. The Morgan fingerprint density at radius 3 is 3.06 bits per heavy atom. The van der Waals surface area contributed by atoms with Crippen molar-refractivity contribution in [1.29, 1.82) is 0 Å². The van der Waals surface area contributed by atoms with Gasteiger partial charge < -0.3 is 9.73 Å². The number of nitrogens with zero attached hydrogens (tertiary/aromatic N) is 1. The molecular formula is C12H16N2OS2. The van der Waals surface area contributed by atoms with Gasteiger partial charge in [-0.05, 0) is 18.4 Å². The fourth-order valence-corrected chi connectivity index (χ4v) is 2.56. The molecule has 92 valence electrons. The Balaban J connectivity index is 1.67. The van der Waals surface area contributed by atoms with Crippen LogP contribution in [0.15, 0.2) is 27.4 Å². The van der Waals surface area contributed by atoms with Gasteiger partial charge in [0.05, 0.1) is 23.5 Å². The molecule has 0 radical (unpaired) electrons. The Labute approximate surface area is 110 Å². The van der Waals surface area contributed by atoms with Crippen LogP contribution in [0.2, 0.25) is 0 Å². The van der Waals surface area contributed by atoms with E-state index in [0.29, 0.717) is 0 Å². The molecule has 2 rings (SSSR count). The van der Waals surface area contributed by atoms with E-state index in [4.69, 9.17) is 4.42 Å². The van der Waals surface area contributed by atoms with Crippen molar-refractivity contribution in [2.45, 2.75) is 18.7 Å². The first-order valence-electron chi connectivity index (χ1n) is 5.53. The van der Waals surface area contributed by atoms with Crippen LogP contribution in [0.3, 0.4) is 0 Å². The lowest BCUT2D eigenvalue weighted by Gasteiger charge is -2.00. The highest BCUT2D eigenvalue weighted by molar-refractivity contribution is 7.97. The van der Waals surface area contributed by atoms with Crippen LogP contribution in [0.1, 0.15) is 17.2 Å². The first-order valence-corrected chi connectivity index (χ1v) is 7.86.